The second kappa shape index (κ2) is 8.51. The fourth-order valence-corrected chi connectivity index (χ4v) is 5.84. The molecule has 1 saturated heterocycles. The number of aromatic nitrogens is 4. The Morgan fingerprint density at radius 2 is 1.87 bits per heavy atom. The van der Waals surface area contributed by atoms with Gasteiger partial charge < -0.3 is 30.0 Å². The van der Waals surface area contributed by atoms with Gasteiger partial charge in [-0.25, -0.2) is 18.7 Å². The van der Waals surface area contributed by atoms with E-state index in [2.05, 4.69) is 28.1 Å². The minimum Gasteiger partial charge on any atom is -0.382 e. The fourth-order valence-electron chi connectivity index (χ4n) is 2.62. The third kappa shape index (κ3) is 6.04. The molecule has 2 unspecified atom stereocenters. The number of hydrogen-bond donors (Lipinski definition) is 5. The quantitative estimate of drug-likeness (QED) is 0.247. The lowest BCUT2D eigenvalue weighted by Gasteiger charge is -2.18. The van der Waals surface area contributed by atoms with Crippen molar-refractivity contribution in [2.24, 2.45) is 0 Å². The lowest BCUT2D eigenvalue weighted by Crippen LogP contribution is -2.16. The standard InChI is InChI=1S/C10H15ClN5O11P3/c11-10-14-8(12)7-9(15-10)16(4-13-7)6-2-1-5(25-6)3-24-29(20,21)27-30(22,23)26-28(17,18)19/h4-6H,1-3H2,(H,20,21)(H,22,23)(H2,12,14,15)(H2,17,18,19)/t5-,6+/m1/s1. The number of hydrogen-bond acceptors (Lipinski definition) is 11. The highest BCUT2D eigenvalue weighted by molar-refractivity contribution is 7.66. The highest BCUT2D eigenvalue weighted by Crippen LogP contribution is 2.66. The van der Waals surface area contributed by atoms with E-state index in [4.69, 9.17) is 36.8 Å². The van der Waals surface area contributed by atoms with Gasteiger partial charge in [-0.2, -0.15) is 18.6 Å². The van der Waals surface area contributed by atoms with Crippen molar-refractivity contribution in [1.82, 2.24) is 19.5 Å². The molecule has 0 spiro atoms. The summed E-state index contributed by atoms with van der Waals surface area (Å²) in [6, 6.07) is 0. The summed E-state index contributed by atoms with van der Waals surface area (Å²) in [5.74, 6) is 0.0750. The molecule has 30 heavy (non-hydrogen) atoms. The number of anilines is 1. The van der Waals surface area contributed by atoms with Crippen LogP contribution in [0.15, 0.2) is 6.33 Å². The average molecular weight is 510 g/mol. The molecular weight excluding hydrogens is 495 g/mol. The maximum Gasteiger partial charge on any atom is 0.490 e. The number of phosphoric ester groups is 1. The van der Waals surface area contributed by atoms with Crippen molar-refractivity contribution in [3.63, 3.8) is 0 Å². The van der Waals surface area contributed by atoms with E-state index in [0.29, 0.717) is 24.0 Å². The number of imidazole rings is 1. The molecule has 20 heteroatoms. The summed E-state index contributed by atoms with van der Waals surface area (Å²) < 4.78 is 52.7. The Balaban J connectivity index is 1.61. The highest BCUT2D eigenvalue weighted by Gasteiger charge is 2.41. The number of nitrogen functional groups attached to an aromatic ring is 1. The van der Waals surface area contributed by atoms with Crippen LogP contribution in [0, 0.1) is 0 Å². The van der Waals surface area contributed by atoms with Gasteiger partial charge in [-0.3, -0.25) is 9.09 Å². The van der Waals surface area contributed by atoms with E-state index < -0.39 is 42.4 Å². The summed E-state index contributed by atoms with van der Waals surface area (Å²) in [6.07, 6.45) is 0.814. The van der Waals surface area contributed by atoms with Gasteiger partial charge in [-0.1, -0.05) is 0 Å². The van der Waals surface area contributed by atoms with E-state index in [1.165, 1.54) is 10.9 Å². The molecule has 2 aromatic heterocycles. The van der Waals surface area contributed by atoms with Gasteiger partial charge in [0.25, 0.3) is 0 Å². The first-order chi connectivity index (χ1) is 13.7. The van der Waals surface area contributed by atoms with E-state index in [1.54, 1.807) is 0 Å². The normalized spacial score (nSPS) is 24.0. The van der Waals surface area contributed by atoms with Gasteiger partial charge in [0, 0.05) is 0 Å². The number of nitrogens with zero attached hydrogens (tertiary/aromatic N) is 4. The molecule has 1 aliphatic heterocycles. The third-order valence-corrected chi connectivity index (χ3v) is 7.63. The molecule has 168 valence electrons. The Bertz CT molecular complexity index is 1090. The van der Waals surface area contributed by atoms with Crippen LogP contribution in [-0.4, -0.2) is 51.8 Å². The van der Waals surface area contributed by atoms with Crippen LogP contribution in [0.3, 0.4) is 0 Å². The summed E-state index contributed by atoms with van der Waals surface area (Å²) in [4.78, 5) is 47.5. The zero-order valence-corrected chi connectivity index (χ0v) is 18.0. The van der Waals surface area contributed by atoms with Crippen LogP contribution in [-0.2, 0) is 31.6 Å². The number of rotatable bonds is 8. The Morgan fingerprint density at radius 1 is 1.17 bits per heavy atom. The van der Waals surface area contributed by atoms with Gasteiger partial charge in [0.2, 0.25) is 5.28 Å². The molecule has 1 aliphatic rings. The minimum absolute atomic E-state index is 0.0750. The molecule has 16 nitrogen and oxygen atoms in total. The molecular formula is C10H15ClN5O11P3. The largest absolute Gasteiger partial charge is 0.490 e. The van der Waals surface area contributed by atoms with E-state index in [-0.39, 0.29) is 11.1 Å². The number of ether oxygens (including phenoxy) is 1. The van der Waals surface area contributed by atoms with Gasteiger partial charge in [0.1, 0.15) is 11.7 Å². The van der Waals surface area contributed by atoms with Crippen molar-refractivity contribution in [3.05, 3.63) is 11.6 Å². The van der Waals surface area contributed by atoms with Gasteiger partial charge in [-0.05, 0) is 24.4 Å². The average Bonchev–Trinajstić information content (AvgIpc) is 3.15. The monoisotopic (exact) mass is 509 g/mol. The predicted octanol–water partition coefficient (Wildman–Crippen LogP) is 1.08. The SMILES string of the molecule is Nc1nc(Cl)nc2c1ncn2[C@@H]1CC[C@H](COP(=O)(O)OP(=O)(O)OP(=O)(O)O)O1. The first kappa shape index (κ1) is 23.7. The minimum atomic E-state index is -5.58. The topological polar surface area (TPSA) is 239 Å². The molecule has 0 aromatic carbocycles. The van der Waals surface area contributed by atoms with Crippen LogP contribution in [0.4, 0.5) is 5.82 Å². The molecule has 6 N–H and O–H groups in total. The van der Waals surface area contributed by atoms with Crippen molar-refractivity contribution in [3.8, 4) is 0 Å². The van der Waals surface area contributed by atoms with Crippen LogP contribution >= 0.6 is 35.1 Å². The predicted molar refractivity (Wildman–Crippen MR) is 97.7 cm³/mol. The smallest absolute Gasteiger partial charge is 0.382 e. The Morgan fingerprint density at radius 3 is 2.53 bits per heavy atom. The van der Waals surface area contributed by atoms with E-state index in [0.717, 1.165) is 0 Å². The lowest BCUT2D eigenvalue weighted by atomic mass is 10.2. The van der Waals surface area contributed by atoms with Crippen LogP contribution in [0.5, 0.6) is 0 Å². The Hall–Kier alpha value is -0.990. The molecule has 0 saturated carbocycles. The molecule has 1 fully saturated rings. The lowest BCUT2D eigenvalue weighted by molar-refractivity contribution is -0.0205. The second-order valence-electron chi connectivity index (χ2n) is 5.88. The van der Waals surface area contributed by atoms with Crippen molar-refractivity contribution >= 4 is 52.1 Å². The van der Waals surface area contributed by atoms with Crippen molar-refractivity contribution in [2.45, 2.75) is 25.2 Å². The zero-order chi connectivity index (χ0) is 22.3. The summed E-state index contributed by atoms with van der Waals surface area (Å²) in [7, 11) is -16.3. The van der Waals surface area contributed by atoms with E-state index in [9.17, 15) is 18.6 Å². The number of halogens is 1. The van der Waals surface area contributed by atoms with Crippen LogP contribution in [0.25, 0.3) is 11.2 Å². The Kier molecular flexibility index (Phi) is 6.71. The van der Waals surface area contributed by atoms with E-state index >= 15 is 0 Å². The van der Waals surface area contributed by atoms with Gasteiger partial charge in [0.05, 0.1) is 19.0 Å². The highest BCUT2D eigenvalue weighted by atomic mass is 35.5. The van der Waals surface area contributed by atoms with E-state index in [1.807, 2.05) is 0 Å². The molecule has 0 amide bonds. The Labute approximate surface area is 172 Å². The molecule has 0 bridgehead atoms. The second-order valence-corrected chi connectivity index (χ2v) is 10.6. The zero-order valence-electron chi connectivity index (χ0n) is 14.6. The van der Waals surface area contributed by atoms with Crippen LogP contribution in [0.2, 0.25) is 5.28 Å². The first-order valence-electron chi connectivity index (χ1n) is 7.84. The summed E-state index contributed by atoms with van der Waals surface area (Å²) in [5.41, 5.74) is 6.35. The van der Waals surface area contributed by atoms with Gasteiger partial charge in [-0.15, -0.1) is 0 Å². The fraction of sp³-hybridized carbons (Fsp3) is 0.500. The van der Waals surface area contributed by atoms with Crippen molar-refractivity contribution in [1.29, 1.82) is 0 Å². The van der Waals surface area contributed by atoms with Crippen molar-refractivity contribution < 1.29 is 51.2 Å². The first-order valence-corrected chi connectivity index (χ1v) is 12.7. The van der Waals surface area contributed by atoms with Crippen LogP contribution < -0.4 is 5.73 Å². The summed E-state index contributed by atoms with van der Waals surface area (Å²) in [5, 5.41) is -0.0936. The van der Waals surface area contributed by atoms with Crippen molar-refractivity contribution in [2.75, 3.05) is 12.3 Å². The molecule has 4 atom stereocenters. The molecule has 3 heterocycles. The number of fused-ring (bicyclic) bond motifs is 1. The maximum absolute atomic E-state index is 11.8. The summed E-state index contributed by atoms with van der Waals surface area (Å²) in [6.45, 7) is -0.551. The third-order valence-electron chi connectivity index (χ3n) is 3.66. The van der Waals surface area contributed by atoms with Gasteiger partial charge >= 0.3 is 23.5 Å². The number of phosphoric acid groups is 3. The molecule has 3 rings (SSSR count). The molecule has 2 aromatic rings. The number of nitrogens with two attached hydrogens (primary N) is 1. The molecule has 0 radical (unpaired) electrons. The van der Waals surface area contributed by atoms with Crippen LogP contribution in [0.1, 0.15) is 19.1 Å². The van der Waals surface area contributed by atoms with Gasteiger partial charge in [0.15, 0.2) is 11.5 Å². The maximum atomic E-state index is 11.8. The molecule has 0 aliphatic carbocycles. The summed E-state index contributed by atoms with van der Waals surface area (Å²) >= 11 is 5.80.